The Labute approximate surface area is 109 Å². The molecular formula is C15H22N2O. The quantitative estimate of drug-likeness (QED) is 0.760. The maximum absolute atomic E-state index is 5.02. The Balaban J connectivity index is 2.07. The third-order valence-corrected chi connectivity index (χ3v) is 3.11. The molecule has 0 bridgehead atoms. The molecule has 3 heteroatoms. The smallest absolute Gasteiger partial charge is 0.0587 e. The number of nitrogens with one attached hydrogen (secondary N) is 1. The second kappa shape index (κ2) is 6.57. The van der Waals surface area contributed by atoms with E-state index in [4.69, 9.17) is 4.74 Å². The van der Waals surface area contributed by atoms with E-state index in [9.17, 15) is 0 Å². The van der Waals surface area contributed by atoms with Crippen LogP contribution in [0.15, 0.2) is 30.5 Å². The fourth-order valence-electron chi connectivity index (χ4n) is 2.18. The van der Waals surface area contributed by atoms with E-state index in [1.54, 1.807) is 7.11 Å². The monoisotopic (exact) mass is 246 g/mol. The maximum atomic E-state index is 5.02. The van der Waals surface area contributed by atoms with Gasteiger partial charge in [0.1, 0.15) is 0 Å². The fourth-order valence-corrected chi connectivity index (χ4v) is 2.18. The Morgan fingerprint density at radius 3 is 2.94 bits per heavy atom. The van der Waals surface area contributed by atoms with Gasteiger partial charge in [0.2, 0.25) is 0 Å². The van der Waals surface area contributed by atoms with Crippen molar-refractivity contribution in [3.8, 4) is 0 Å². The molecule has 0 aliphatic carbocycles. The summed E-state index contributed by atoms with van der Waals surface area (Å²) < 4.78 is 7.35. The summed E-state index contributed by atoms with van der Waals surface area (Å²) in [6, 6.07) is 8.87. The van der Waals surface area contributed by atoms with Gasteiger partial charge in [0.25, 0.3) is 0 Å². The average Bonchev–Trinajstić information content (AvgIpc) is 2.78. The second-order valence-corrected chi connectivity index (χ2v) is 4.57. The highest BCUT2D eigenvalue weighted by atomic mass is 16.5. The summed E-state index contributed by atoms with van der Waals surface area (Å²) in [6.07, 6.45) is 3.34. The first kappa shape index (κ1) is 13.1. The Morgan fingerprint density at radius 1 is 1.28 bits per heavy atom. The minimum atomic E-state index is 0.758. The average molecular weight is 246 g/mol. The van der Waals surface area contributed by atoms with Gasteiger partial charge in [0, 0.05) is 38.5 Å². The van der Waals surface area contributed by atoms with Crippen molar-refractivity contribution in [2.45, 2.75) is 26.4 Å². The molecule has 1 aromatic heterocycles. The Bertz CT molecular complexity index is 490. The molecule has 1 N–H and O–H groups in total. The SMILES string of the molecule is CCCn1ccc2ccc(CNCCOC)cc21. The number of hydrogen-bond acceptors (Lipinski definition) is 2. The molecule has 0 aliphatic rings. The highest BCUT2D eigenvalue weighted by Gasteiger charge is 2.01. The summed E-state index contributed by atoms with van der Waals surface area (Å²) in [4.78, 5) is 0. The van der Waals surface area contributed by atoms with Crippen molar-refractivity contribution in [3.05, 3.63) is 36.0 Å². The van der Waals surface area contributed by atoms with Crippen LogP contribution in [0.25, 0.3) is 10.9 Å². The Kier molecular flexibility index (Phi) is 4.79. The molecule has 0 saturated heterocycles. The molecule has 0 unspecified atom stereocenters. The largest absolute Gasteiger partial charge is 0.383 e. The molecule has 98 valence electrons. The van der Waals surface area contributed by atoms with Gasteiger partial charge in [-0.05, 0) is 29.5 Å². The molecule has 1 aromatic carbocycles. The lowest BCUT2D eigenvalue weighted by molar-refractivity contribution is 0.199. The molecule has 18 heavy (non-hydrogen) atoms. The van der Waals surface area contributed by atoms with Crippen molar-refractivity contribution in [2.75, 3.05) is 20.3 Å². The molecular weight excluding hydrogens is 224 g/mol. The lowest BCUT2D eigenvalue weighted by atomic mass is 10.1. The lowest BCUT2D eigenvalue weighted by Gasteiger charge is -2.07. The molecule has 0 atom stereocenters. The number of methoxy groups -OCH3 is 1. The third kappa shape index (κ3) is 3.12. The van der Waals surface area contributed by atoms with Crippen LogP contribution in [-0.4, -0.2) is 24.8 Å². The molecule has 0 fully saturated rings. The van der Waals surface area contributed by atoms with E-state index < -0.39 is 0 Å². The zero-order valence-corrected chi connectivity index (χ0v) is 11.3. The minimum absolute atomic E-state index is 0.758. The van der Waals surface area contributed by atoms with E-state index in [0.717, 1.165) is 26.2 Å². The normalized spacial score (nSPS) is 11.2. The number of hydrogen-bond donors (Lipinski definition) is 1. The van der Waals surface area contributed by atoms with Crippen LogP contribution in [0.3, 0.4) is 0 Å². The van der Waals surface area contributed by atoms with Crippen LogP contribution in [0, 0.1) is 0 Å². The van der Waals surface area contributed by atoms with E-state index in [0.29, 0.717) is 0 Å². The van der Waals surface area contributed by atoms with Gasteiger partial charge in [-0.15, -0.1) is 0 Å². The van der Waals surface area contributed by atoms with Crippen molar-refractivity contribution in [2.24, 2.45) is 0 Å². The van der Waals surface area contributed by atoms with Gasteiger partial charge < -0.3 is 14.6 Å². The van der Waals surface area contributed by atoms with Gasteiger partial charge in [-0.25, -0.2) is 0 Å². The summed E-state index contributed by atoms with van der Waals surface area (Å²) in [5, 5.41) is 4.70. The van der Waals surface area contributed by atoms with Gasteiger partial charge in [0.05, 0.1) is 6.61 Å². The van der Waals surface area contributed by atoms with E-state index in [-0.39, 0.29) is 0 Å². The summed E-state index contributed by atoms with van der Waals surface area (Å²) >= 11 is 0. The number of rotatable bonds is 7. The van der Waals surface area contributed by atoms with Crippen LogP contribution in [0.5, 0.6) is 0 Å². The first-order valence-electron chi connectivity index (χ1n) is 6.62. The summed E-state index contributed by atoms with van der Waals surface area (Å²) in [7, 11) is 1.73. The molecule has 2 rings (SSSR count). The van der Waals surface area contributed by atoms with Crippen LogP contribution < -0.4 is 5.32 Å². The van der Waals surface area contributed by atoms with Crippen LogP contribution in [0.2, 0.25) is 0 Å². The van der Waals surface area contributed by atoms with Gasteiger partial charge >= 0.3 is 0 Å². The van der Waals surface area contributed by atoms with Crippen LogP contribution in [-0.2, 0) is 17.8 Å². The molecule has 0 amide bonds. The summed E-state index contributed by atoms with van der Waals surface area (Å²) in [5.41, 5.74) is 2.66. The van der Waals surface area contributed by atoms with Crippen LogP contribution in [0.1, 0.15) is 18.9 Å². The van der Waals surface area contributed by atoms with Crippen molar-refractivity contribution >= 4 is 10.9 Å². The predicted molar refractivity (Wildman–Crippen MR) is 75.8 cm³/mol. The van der Waals surface area contributed by atoms with E-state index >= 15 is 0 Å². The number of fused-ring (bicyclic) bond motifs is 1. The van der Waals surface area contributed by atoms with Gasteiger partial charge in [-0.2, -0.15) is 0 Å². The van der Waals surface area contributed by atoms with E-state index in [1.807, 2.05) is 0 Å². The number of nitrogens with zero attached hydrogens (tertiary/aromatic N) is 1. The predicted octanol–water partition coefficient (Wildman–Crippen LogP) is 2.79. The highest BCUT2D eigenvalue weighted by Crippen LogP contribution is 2.18. The molecule has 0 spiro atoms. The molecule has 0 saturated carbocycles. The van der Waals surface area contributed by atoms with E-state index in [2.05, 4.69) is 47.3 Å². The molecule has 0 radical (unpaired) electrons. The molecule has 1 heterocycles. The van der Waals surface area contributed by atoms with Crippen LogP contribution >= 0.6 is 0 Å². The minimum Gasteiger partial charge on any atom is -0.383 e. The van der Waals surface area contributed by atoms with Gasteiger partial charge in [-0.3, -0.25) is 0 Å². The Hall–Kier alpha value is -1.32. The van der Waals surface area contributed by atoms with Crippen molar-refractivity contribution in [1.29, 1.82) is 0 Å². The maximum Gasteiger partial charge on any atom is 0.0587 e. The zero-order valence-electron chi connectivity index (χ0n) is 11.3. The lowest BCUT2D eigenvalue weighted by Crippen LogP contribution is -2.18. The first-order valence-corrected chi connectivity index (χ1v) is 6.62. The number of aryl methyl sites for hydroxylation is 1. The topological polar surface area (TPSA) is 26.2 Å². The number of benzene rings is 1. The second-order valence-electron chi connectivity index (χ2n) is 4.57. The van der Waals surface area contributed by atoms with Crippen molar-refractivity contribution in [3.63, 3.8) is 0 Å². The number of ether oxygens (including phenoxy) is 1. The molecule has 2 aromatic rings. The zero-order chi connectivity index (χ0) is 12.8. The Morgan fingerprint density at radius 2 is 2.17 bits per heavy atom. The molecule has 3 nitrogen and oxygen atoms in total. The van der Waals surface area contributed by atoms with Gasteiger partial charge in [0.15, 0.2) is 0 Å². The molecule has 0 aliphatic heterocycles. The van der Waals surface area contributed by atoms with E-state index in [1.165, 1.54) is 22.9 Å². The van der Waals surface area contributed by atoms with Crippen molar-refractivity contribution in [1.82, 2.24) is 9.88 Å². The summed E-state index contributed by atoms with van der Waals surface area (Å²) in [5.74, 6) is 0. The fraction of sp³-hybridized carbons (Fsp3) is 0.467. The first-order chi connectivity index (χ1) is 8.85. The van der Waals surface area contributed by atoms with Crippen LogP contribution in [0.4, 0.5) is 0 Å². The summed E-state index contributed by atoms with van der Waals surface area (Å²) in [6.45, 7) is 5.85. The standard InChI is InChI=1S/C15H22N2O/c1-3-8-17-9-6-14-5-4-13(11-15(14)17)12-16-7-10-18-2/h4-6,9,11,16H,3,7-8,10,12H2,1-2H3. The number of aromatic nitrogens is 1. The van der Waals surface area contributed by atoms with Crippen molar-refractivity contribution < 1.29 is 4.74 Å². The highest BCUT2D eigenvalue weighted by molar-refractivity contribution is 5.80. The third-order valence-electron chi connectivity index (χ3n) is 3.11. The van der Waals surface area contributed by atoms with Gasteiger partial charge in [-0.1, -0.05) is 19.1 Å².